The van der Waals surface area contributed by atoms with Crippen molar-refractivity contribution in [2.45, 2.75) is 25.1 Å². The summed E-state index contributed by atoms with van der Waals surface area (Å²) in [4.78, 5) is 11.9. The summed E-state index contributed by atoms with van der Waals surface area (Å²) in [5, 5.41) is 15.7. The third kappa shape index (κ3) is 3.37. The minimum atomic E-state index is -0.453. The molecule has 1 aliphatic heterocycles. The lowest BCUT2D eigenvalue weighted by Crippen LogP contribution is -2.40. The number of hydrogen-bond donors (Lipinski definition) is 3. The third-order valence-electron chi connectivity index (χ3n) is 3.16. The smallest absolute Gasteiger partial charge is 0.237 e. The Morgan fingerprint density at radius 2 is 2.42 bits per heavy atom. The minimum Gasteiger partial charge on any atom is -0.496 e. The minimum absolute atomic E-state index is 0.140. The van der Waals surface area contributed by atoms with Crippen molar-refractivity contribution in [3.63, 3.8) is 0 Å². The normalized spacial score (nSPS) is 22.3. The summed E-state index contributed by atoms with van der Waals surface area (Å²) in [6, 6.07) is 5.00. The first-order valence-corrected chi connectivity index (χ1v) is 6.50. The van der Waals surface area contributed by atoms with Crippen molar-refractivity contribution in [1.82, 2.24) is 10.6 Å². The van der Waals surface area contributed by atoms with Crippen molar-refractivity contribution in [3.05, 3.63) is 28.8 Å². The van der Waals surface area contributed by atoms with E-state index in [1.54, 1.807) is 25.3 Å². The van der Waals surface area contributed by atoms with E-state index < -0.39 is 6.10 Å². The van der Waals surface area contributed by atoms with Crippen molar-refractivity contribution >= 4 is 17.5 Å². The van der Waals surface area contributed by atoms with E-state index in [-0.39, 0.29) is 11.9 Å². The summed E-state index contributed by atoms with van der Waals surface area (Å²) >= 11 is 6.09. The predicted molar refractivity (Wildman–Crippen MR) is 72.3 cm³/mol. The molecular formula is C13H17ClN2O3. The highest BCUT2D eigenvalue weighted by molar-refractivity contribution is 6.31. The molecule has 0 aliphatic carbocycles. The zero-order chi connectivity index (χ0) is 13.8. The van der Waals surface area contributed by atoms with Gasteiger partial charge in [-0.05, 0) is 18.6 Å². The molecule has 1 saturated heterocycles. The molecule has 1 fully saturated rings. The summed E-state index contributed by atoms with van der Waals surface area (Å²) in [6.45, 7) is 0.753. The van der Waals surface area contributed by atoms with E-state index in [1.807, 2.05) is 0 Å². The van der Waals surface area contributed by atoms with Crippen molar-refractivity contribution < 1.29 is 14.6 Å². The highest BCUT2D eigenvalue weighted by Gasteiger charge is 2.27. The van der Waals surface area contributed by atoms with Gasteiger partial charge in [-0.2, -0.15) is 0 Å². The fraction of sp³-hybridized carbons (Fsp3) is 0.462. The molecule has 0 radical (unpaired) electrons. The second-order valence-electron chi connectivity index (χ2n) is 4.49. The number of carbonyl (C=O) groups excluding carboxylic acids is 1. The molecule has 1 amide bonds. The molecule has 1 heterocycles. The standard InChI is InChI=1S/C13H17ClN2O3/c1-19-12-4-2-3-10(14)9(12)7-16-13(18)11-5-8(17)6-15-11/h2-4,8,11,15,17H,5-7H2,1H3,(H,16,18). The van der Waals surface area contributed by atoms with Crippen LogP contribution in [0.4, 0.5) is 0 Å². The van der Waals surface area contributed by atoms with E-state index in [9.17, 15) is 9.90 Å². The average Bonchev–Trinajstić information content (AvgIpc) is 2.83. The van der Waals surface area contributed by atoms with Gasteiger partial charge in [-0.1, -0.05) is 17.7 Å². The lowest BCUT2D eigenvalue weighted by Gasteiger charge is -2.14. The number of nitrogens with one attached hydrogen (secondary N) is 2. The van der Waals surface area contributed by atoms with Crippen molar-refractivity contribution in [2.24, 2.45) is 0 Å². The molecule has 0 spiro atoms. The van der Waals surface area contributed by atoms with E-state index in [0.717, 1.165) is 5.56 Å². The Labute approximate surface area is 116 Å². The van der Waals surface area contributed by atoms with Gasteiger partial charge in [0.1, 0.15) is 5.75 Å². The molecule has 0 saturated carbocycles. The molecule has 6 heteroatoms. The Morgan fingerprint density at radius 3 is 3.05 bits per heavy atom. The number of aliphatic hydroxyl groups excluding tert-OH is 1. The van der Waals surface area contributed by atoms with Gasteiger partial charge in [-0.15, -0.1) is 0 Å². The molecule has 1 aromatic carbocycles. The van der Waals surface area contributed by atoms with Crippen LogP contribution >= 0.6 is 11.6 Å². The largest absolute Gasteiger partial charge is 0.496 e. The topological polar surface area (TPSA) is 70.6 Å². The van der Waals surface area contributed by atoms with Crippen LogP contribution in [0.15, 0.2) is 18.2 Å². The Bertz CT molecular complexity index is 467. The second-order valence-corrected chi connectivity index (χ2v) is 4.90. The van der Waals surface area contributed by atoms with Gasteiger partial charge in [0.2, 0.25) is 5.91 Å². The first-order chi connectivity index (χ1) is 9.11. The van der Waals surface area contributed by atoms with Crippen molar-refractivity contribution in [1.29, 1.82) is 0 Å². The number of rotatable bonds is 4. The van der Waals surface area contributed by atoms with Crippen LogP contribution in [0.2, 0.25) is 5.02 Å². The third-order valence-corrected chi connectivity index (χ3v) is 3.51. The molecule has 0 aromatic heterocycles. The first-order valence-electron chi connectivity index (χ1n) is 6.12. The maximum Gasteiger partial charge on any atom is 0.237 e. The fourth-order valence-corrected chi connectivity index (χ4v) is 2.35. The average molecular weight is 285 g/mol. The van der Waals surface area contributed by atoms with Crippen LogP contribution in [0.1, 0.15) is 12.0 Å². The molecule has 5 nitrogen and oxygen atoms in total. The lowest BCUT2D eigenvalue weighted by atomic mass is 10.1. The van der Waals surface area contributed by atoms with Crippen LogP contribution in [0.3, 0.4) is 0 Å². The van der Waals surface area contributed by atoms with Crippen LogP contribution in [-0.2, 0) is 11.3 Å². The van der Waals surface area contributed by atoms with Gasteiger partial charge in [0.25, 0.3) is 0 Å². The van der Waals surface area contributed by atoms with Crippen LogP contribution in [-0.4, -0.2) is 36.8 Å². The Morgan fingerprint density at radius 1 is 1.63 bits per heavy atom. The molecule has 0 bridgehead atoms. The molecule has 19 heavy (non-hydrogen) atoms. The van der Waals surface area contributed by atoms with Crippen molar-refractivity contribution in [2.75, 3.05) is 13.7 Å². The molecule has 2 rings (SSSR count). The van der Waals surface area contributed by atoms with E-state index in [2.05, 4.69) is 10.6 Å². The number of benzene rings is 1. The SMILES string of the molecule is COc1cccc(Cl)c1CNC(=O)C1CC(O)CN1. The maximum atomic E-state index is 11.9. The molecule has 3 N–H and O–H groups in total. The maximum absolute atomic E-state index is 11.9. The molecule has 2 unspecified atom stereocenters. The number of hydrogen-bond acceptors (Lipinski definition) is 4. The molecule has 2 atom stereocenters. The highest BCUT2D eigenvalue weighted by Crippen LogP contribution is 2.25. The van der Waals surface area contributed by atoms with E-state index in [4.69, 9.17) is 16.3 Å². The van der Waals surface area contributed by atoms with Crippen LogP contribution in [0.5, 0.6) is 5.75 Å². The Balaban J connectivity index is 1.97. The summed E-state index contributed by atoms with van der Waals surface area (Å²) in [5.41, 5.74) is 0.749. The molecule has 1 aromatic rings. The Hall–Kier alpha value is -1.30. The number of methoxy groups -OCH3 is 1. The number of amides is 1. The number of β-amino-alcohol motifs (C(OH)–C–C–N with tert-alkyl or cyclic N) is 1. The molecular weight excluding hydrogens is 268 g/mol. The number of ether oxygens (including phenoxy) is 1. The Kier molecular flexibility index (Phi) is 4.63. The van der Waals surface area contributed by atoms with Crippen LogP contribution < -0.4 is 15.4 Å². The van der Waals surface area contributed by atoms with Gasteiger partial charge >= 0.3 is 0 Å². The summed E-state index contributed by atoms with van der Waals surface area (Å²) in [6.07, 6.45) is -0.0171. The second kappa shape index (κ2) is 6.23. The lowest BCUT2D eigenvalue weighted by molar-refractivity contribution is -0.123. The van der Waals surface area contributed by atoms with Crippen LogP contribution in [0, 0.1) is 0 Å². The van der Waals surface area contributed by atoms with Gasteiger partial charge in [0.15, 0.2) is 0 Å². The van der Waals surface area contributed by atoms with Gasteiger partial charge in [0, 0.05) is 23.7 Å². The summed E-state index contributed by atoms with van der Waals surface area (Å²) in [7, 11) is 1.56. The van der Waals surface area contributed by atoms with Gasteiger partial charge in [-0.25, -0.2) is 0 Å². The van der Waals surface area contributed by atoms with Gasteiger partial charge in [-0.3, -0.25) is 4.79 Å². The predicted octanol–water partition coefficient (Wildman–Crippen LogP) is 0.688. The van der Waals surface area contributed by atoms with E-state index in [1.165, 1.54) is 0 Å². The zero-order valence-corrected chi connectivity index (χ0v) is 11.4. The highest BCUT2D eigenvalue weighted by atomic mass is 35.5. The van der Waals surface area contributed by atoms with E-state index in [0.29, 0.717) is 30.3 Å². The fourth-order valence-electron chi connectivity index (χ4n) is 2.12. The van der Waals surface area contributed by atoms with Gasteiger partial charge < -0.3 is 20.5 Å². The molecule has 104 valence electrons. The summed E-state index contributed by atoms with van der Waals surface area (Å²) < 4.78 is 5.21. The van der Waals surface area contributed by atoms with E-state index >= 15 is 0 Å². The number of carbonyl (C=O) groups is 1. The molecule has 1 aliphatic rings. The van der Waals surface area contributed by atoms with Crippen molar-refractivity contribution in [3.8, 4) is 5.75 Å². The monoisotopic (exact) mass is 284 g/mol. The van der Waals surface area contributed by atoms with Gasteiger partial charge in [0.05, 0.1) is 19.3 Å². The first kappa shape index (κ1) is 14.1. The number of aliphatic hydroxyl groups is 1. The quantitative estimate of drug-likeness (QED) is 0.761. The van der Waals surface area contributed by atoms with Crippen LogP contribution in [0.25, 0.3) is 0 Å². The number of halogens is 1. The zero-order valence-electron chi connectivity index (χ0n) is 10.6. The summed E-state index contributed by atoms with van der Waals surface area (Å²) in [5.74, 6) is 0.505.